The molecular weight excluding hydrogens is 344 g/mol. The molecule has 26 heavy (non-hydrogen) atoms. The van der Waals surface area contributed by atoms with Crippen LogP contribution in [0.5, 0.6) is 0 Å². The number of nitrogens with zero attached hydrogens (tertiary/aromatic N) is 4. The Kier molecular flexibility index (Phi) is 4.34. The maximum absolute atomic E-state index is 12.8. The number of benzene rings is 2. The van der Waals surface area contributed by atoms with Gasteiger partial charge in [-0.2, -0.15) is 0 Å². The summed E-state index contributed by atoms with van der Waals surface area (Å²) in [6.45, 7) is 1.10. The zero-order valence-corrected chi connectivity index (χ0v) is 15.6. The average molecular weight is 364 g/mol. The molecule has 5 nitrogen and oxygen atoms in total. The first-order valence-electron chi connectivity index (χ1n) is 8.45. The second-order valence-corrected chi connectivity index (χ2v) is 7.44. The quantitative estimate of drug-likeness (QED) is 0.712. The van der Waals surface area contributed by atoms with Gasteiger partial charge in [0.1, 0.15) is 13.3 Å². The molecule has 2 aromatic carbocycles. The normalized spacial score (nSPS) is 14.1. The fraction of sp³-hybridized carbons (Fsp3) is 0.200. The van der Waals surface area contributed by atoms with Crippen LogP contribution in [0.1, 0.15) is 5.56 Å². The molecule has 0 N–H and O–H groups in total. The Bertz CT molecular complexity index is 1080. The van der Waals surface area contributed by atoms with Crippen LogP contribution in [0.4, 0.5) is 11.4 Å². The lowest BCUT2D eigenvalue weighted by atomic mass is 10.2. The van der Waals surface area contributed by atoms with Crippen molar-refractivity contribution >= 4 is 28.8 Å². The van der Waals surface area contributed by atoms with Crippen molar-refractivity contribution in [3.05, 3.63) is 79.8 Å². The topological polar surface area (TPSA) is 40.8 Å². The van der Waals surface area contributed by atoms with Crippen LogP contribution in [0.3, 0.4) is 0 Å². The number of fused-ring (bicyclic) bond motifs is 1. The lowest BCUT2D eigenvalue weighted by Crippen LogP contribution is -2.42. The van der Waals surface area contributed by atoms with Gasteiger partial charge in [0.25, 0.3) is 5.56 Å². The molecule has 0 saturated heterocycles. The van der Waals surface area contributed by atoms with Crippen LogP contribution in [0.15, 0.2) is 64.4 Å². The van der Waals surface area contributed by atoms with Gasteiger partial charge in [-0.25, -0.2) is 4.99 Å². The van der Waals surface area contributed by atoms with Crippen molar-refractivity contribution < 1.29 is 0 Å². The molecule has 4 rings (SSSR count). The van der Waals surface area contributed by atoms with Crippen LogP contribution in [0.25, 0.3) is 6.08 Å². The van der Waals surface area contributed by atoms with Gasteiger partial charge in [0.2, 0.25) is 0 Å². The number of thiazole rings is 1. The summed E-state index contributed by atoms with van der Waals surface area (Å²) in [7, 11) is 4.02. The third kappa shape index (κ3) is 3.15. The van der Waals surface area contributed by atoms with E-state index >= 15 is 0 Å². The molecule has 132 valence electrons. The van der Waals surface area contributed by atoms with Crippen LogP contribution in [-0.4, -0.2) is 25.3 Å². The summed E-state index contributed by atoms with van der Waals surface area (Å²) in [6.07, 6.45) is 1.94. The van der Waals surface area contributed by atoms with Crippen LogP contribution in [0, 0.1) is 0 Å². The minimum absolute atomic E-state index is 0.0195. The molecular formula is C20H20N4OS. The van der Waals surface area contributed by atoms with E-state index in [0.717, 1.165) is 26.3 Å². The molecule has 0 atom stereocenters. The fourth-order valence-electron chi connectivity index (χ4n) is 2.93. The minimum atomic E-state index is 0.0195. The van der Waals surface area contributed by atoms with E-state index in [-0.39, 0.29) is 5.56 Å². The van der Waals surface area contributed by atoms with Crippen molar-refractivity contribution in [2.75, 3.05) is 30.6 Å². The molecule has 6 heteroatoms. The molecule has 1 aliphatic heterocycles. The summed E-state index contributed by atoms with van der Waals surface area (Å²) in [5.74, 6) is 0. The Morgan fingerprint density at radius 3 is 2.50 bits per heavy atom. The molecule has 0 amide bonds. The highest BCUT2D eigenvalue weighted by Gasteiger charge is 2.15. The van der Waals surface area contributed by atoms with E-state index in [1.165, 1.54) is 11.3 Å². The van der Waals surface area contributed by atoms with E-state index in [4.69, 9.17) is 0 Å². The standard InChI is InChI=1S/C20H20N4OS/c1-22(2)16-10-8-15(9-11-16)12-18-19(25)24-14-23(13-21-20(24)26-18)17-6-4-3-5-7-17/h3-12H,13-14H2,1-2H3/b18-12-. The highest BCUT2D eigenvalue weighted by molar-refractivity contribution is 7.07. The fourth-order valence-corrected chi connectivity index (χ4v) is 3.90. The van der Waals surface area contributed by atoms with Crippen molar-refractivity contribution in [2.24, 2.45) is 4.99 Å². The largest absolute Gasteiger partial charge is 0.378 e. The smallest absolute Gasteiger partial charge is 0.271 e. The van der Waals surface area contributed by atoms with Gasteiger partial charge in [0.05, 0.1) is 4.53 Å². The molecule has 2 heterocycles. The van der Waals surface area contributed by atoms with Gasteiger partial charge in [-0.3, -0.25) is 9.36 Å². The molecule has 3 aromatic rings. The van der Waals surface area contributed by atoms with E-state index < -0.39 is 0 Å². The maximum atomic E-state index is 12.8. The first-order chi connectivity index (χ1) is 12.6. The third-order valence-electron chi connectivity index (χ3n) is 4.41. The minimum Gasteiger partial charge on any atom is -0.378 e. The summed E-state index contributed by atoms with van der Waals surface area (Å²) >= 11 is 1.46. The van der Waals surface area contributed by atoms with Gasteiger partial charge in [0.15, 0.2) is 4.80 Å². The van der Waals surface area contributed by atoms with Gasteiger partial charge < -0.3 is 9.80 Å². The molecule has 0 saturated carbocycles. The summed E-state index contributed by atoms with van der Waals surface area (Å²) in [6, 6.07) is 18.2. The Morgan fingerprint density at radius 2 is 1.81 bits per heavy atom. The van der Waals surface area contributed by atoms with Crippen molar-refractivity contribution in [3.63, 3.8) is 0 Å². The zero-order chi connectivity index (χ0) is 18.1. The Labute approximate surface area is 155 Å². The lowest BCUT2D eigenvalue weighted by Gasteiger charge is -2.25. The average Bonchev–Trinajstić information content (AvgIpc) is 2.98. The summed E-state index contributed by atoms with van der Waals surface area (Å²) < 4.78 is 2.47. The van der Waals surface area contributed by atoms with Gasteiger partial charge >= 0.3 is 0 Å². The Balaban J connectivity index is 1.68. The second kappa shape index (κ2) is 6.80. The summed E-state index contributed by atoms with van der Waals surface area (Å²) in [5, 5.41) is 0. The Morgan fingerprint density at radius 1 is 1.08 bits per heavy atom. The van der Waals surface area contributed by atoms with Crippen molar-refractivity contribution in [1.82, 2.24) is 4.57 Å². The van der Waals surface area contributed by atoms with Crippen LogP contribution < -0.4 is 24.7 Å². The van der Waals surface area contributed by atoms with Crippen molar-refractivity contribution in [2.45, 2.75) is 6.67 Å². The molecule has 1 aromatic heterocycles. The highest BCUT2D eigenvalue weighted by Crippen LogP contribution is 2.15. The van der Waals surface area contributed by atoms with Crippen LogP contribution in [-0.2, 0) is 6.67 Å². The molecule has 0 bridgehead atoms. The van der Waals surface area contributed by atoms with Crippen LogP contribution in [0.2, 0.25) is 0 Å². The van der Waals surface area contributed by atoms with Crippen molar-refractivity contribution in [3.8, 4) is 0 Å². The molecule has 0 fully saturated rings. The Hall–Kier alpha value is -2.86. The number of anilines is 2. The lowest BCUT2D eigenvalue weighted by molar-refractivity contribution is 0.569. The highest BCUT2D eigenvalue weighted by atomic mass is 32.1. The van der Waals surface area contributed by atoms with Gasteiger partial charge in [-0.1, -0.05) is 41.7 Å². The van der Waals surface area contributed by atoms with Gasteiger partial charge in [-0.15, -0.1) is 0 Å². The molecule has 0 aliphatic carbocycles. The predicted molar refractivity (Wildman–Crippen MR) is 107 cm³/mol. The number of hydrogen-bond acceptors (Lipinski definition) is 5. The van der Waals surface area contributed by atoms with E-state index in [0.29, 0.717) is 13.3 Å². The SMILES string of the molecule is CN(C)c1ccc(/C=c2\sc3n(c2=O)CN(c2ccccc2)CN=3)cc1. The summed E-state index contributed by atoms with van der Waals surface area (Å²) in [5.41, 5.74) is 3.25. The van der Waals surface area contributed by atoms with E-state index in [2.05, 4.69) is 26.9 Å². The van der Waals surface area contributed by atoms with Gasteiger partial charge in [-0.05, 0) is 35.9 Å². The molecule has 1 aliphatic rings. The van der Waals surface area contributed by atoms with Crippen LogP contribution >= 0.6 is 11.3 Å². The number of hydrogen-bond donors (Lipinski definition) is 0. The first kappa shape index (κ1) is 16.6. The van der Waals surface area contributed by atoms with Gasteiger partial charge in [0, 0.05) is 25.5 Å². The van der Waals surface area contributed by atoms with E-state index in [1.807, 2.05) is 62.6 Å². The zero-order valence-electron chi connectivity index (χ0n) is 14.8. The third-order valence-corrected chi connectivity index (χ3v) is 5.45. The van der Waals surface area contributed by atoms with E-state index in [9.17, 15) is 4.79 Å². The molecule has 0 spiro atoms. The molecule has 0 unspecified atom stereocenters. The monoisotopic (exact) mass is 364 g/mol. The van der Waals surface area contributed by atoms with E-state index in [1.54, 1.807) is 4.57 Å². The summed E-state index contributed by atoms with van der Waals surface area (Å²) in [4.78, 5) is 22.3. The second-order valence-electron chi connectivity index (χ2n) is 6.43. The number of aromatic nitrogens is 1. The maximum Gasteiger partial charge on any atom is 0.271 e. The number of rotatable bonds is 3. The van der Waals surface area contributed by atoms with Crippen molar-refractivity contribution in [1.29, 1.82) is 0 Å². The first-order valence-corrected chi connectivity index (χ1v) is 9.27. The molecule has 0 radical (unpaired) electrons. The predicted octanol–water partition coefficient (Wildman–Crippen LogP) is 1.86. The number of para-hydroxylation sites is 1.